The van der Waals surface area contributed by atoms with Crippen LogP contribution in [-0.2, 0) is 16.0 Å². The number of anilines is 1. The first kappa shape index (κ1) is 14.7. The molecule has 0 amide bonds. The third-order valence-electron chi connectivity index (χ3n) is 2.04. The zero-order chi connectivity index (χ0) is 13.7. The molecular formula is C11H12BrF2NO3. The standard InChI is InChI=1S/C11H12BrF2NO3/c1-2-17-10(16)4-6-3-8(15)9(5-7(6)12)18-11(13)14/h3,5,11H,2,4,15H2,1H3. The fourth-order valence-electron chi connectivity index (χ4n) is 1.32. The lowest BCUT2D eigenvalue weighted by Crippen LogP contribution is -2.09. The molecule has 7 heteroatoms. The molecule has 0 aromatic heterocycles. The number of rotatable bonds is 5. The molecule has 0 fully saturated rings. The SMILES string of the molecule is CCOC(=O)Cc1cc(N)c(OC(F)F)cc1Br. The van der Waals surface area contributed by atoms with E-state index >= 15 is 0 Å². The van der Waals surface area contributed by atoms with Crippen molar-refractivity contribution in [2.45, 2.75) is 20.0 Å². The van der Waals surface area contributed by atoms with Gasteiger partial charge in [-0.1, -0.05) is 15.9 Å². The average Bonchev–Trinajstić information content (AvgIpc) is 2.25. The Morgan fingerprint density at radius 2 is 2.17 bits per heavy atom. The van der Waals surface area contributed by atoms with Gasteiger partial charge in [0.25, 0.3) is 0 Å². The Labute approximate surface area is 111 Å². The van der Waals surface area contributed by atoms with E-state index in [4.69, 9.17) is 10.5 Å². The van der Waals surface area contributed by atoms with Crippen molar-refractivity contribution in [1.29, 1.82) is 0 Å². The van der Waals surface area contributed by atoms with Gasteiger partial charge in [-0.05, 0) is 24.6 Å². The van der Waals surface area contributed by atoms with Crippen LogP contribution in [0.2, 0.25) is 0 Å². The normalized spacial score (nSPS) is 10.5. The van der Waals surface area contributed by atoms with Gasteiger partial charge in [-0.2, -0.15) is 8.78 Å². The number of halogens is 3. The maximum atomic E-state index is 12.1. The van der Waals surface area contributed by atoms with Crippen LogP contribution in [0, 0.1) is 0 Å². The molecule has 0 aliphatic heterocycles. The number of esters is 1. The molecule has 0 heterocycles. The molecule has 0 saturated carbocycles. The molecule has 0 aliphatic rings. The maximum Gasteiger partial charge on any atom is 0.387 e. The molecule has 0 unspecified atom stereocenters. The van der Waals surface area contributed by atoms with Crippen molar-refractivity contribution in [2.75, 3.05) is 12.3 Å². The number of alkyl halides is 2. The number of carbonyl (C=O) groups is 1. The van der Waals surface area contributed by atoms with Crippen LogP contribution in [0.4, 0.5) is 14.5 Å². The van der Waals surface area contributed by atoms with E-state index in [0.717, 1.165) is 0 Å². The summed E-state index contributed by atoms with van der Waals surface area (Å²) in [7, 11) is 0. The first-order valence-corrected chi connectivity index (χ1v) is 5.91. The summed E-state index contributed by atoms with van der Waals surface area (Å²) in [5.41, 5.74) is 6.15. The number of hydrogen-bond acceptors (Lipinski definition) is 4. The van der Waals surface area contributed by atoms with E-state index in [1.165, 1.54) is 12.1 Å². The van der Waals surface area contributed by atoms with Crippen molar-refractivity contribution in [3.63, 3.8) is 0 Å². The number of ether oxygens (including phenoxy) is 2. The van der Waals surface area contributed by atoms with Gasteiger partial charge in [0.05, 0.1) is 18.7 Å². The van der Waals surface area contributed by atoms with Crippen molar-refractivity contribution < 1.29 is 23.0 Å². The molecule has 1 rings (SSSR count). The van der Waals surface area contributed by atoms with Crippen LogP contribution >= 0.6 is 15.9 Å². The average molecular weight is 324 g/mol. The Morgan fingerprint density at radius 1 is 1.50 bits per heavy atom. The van der Waals surface area contributed by atoms with Crippen molar-refractivity contribution in [2.24, 2.45) is 0 Å². The molecule has 0 radical (unpaired) electrons. The van der Waals surface area contributed by atoms with E-state index in [9.17, 15) is 13.6 Å². The molecule has 1 aromatic rings. The topological polar surface area (TPSA) is 61.5 Å². The van der Waals surface area contributed by atoms with Crippen molar-refractivity contribution >= 4 is 27.6 Å². The van der Waals surface area contributed by atoms with E-state index < -0.39 is 12.6 Å². The molecule has 0 saturated heterocycles. The summed E-state index contributed by atoms with van der Waals surface area (Å²) in [5.74, 6) is -0.551. The lowest BCUT2D eigenvalue weighted by atomic mass is 10.1. The van der Waals surface area contributed by atoms with E-state index in [2.05, 4.69) is 20.7 Å². The van der Waals surface area contributed by atoms with Crippen LogP contribution in [0.1, 0.15) is 12.5 Å². The van der Waals surface area contributed by atoms with E-state index in [0.29, 0.717) is 10.0 Å². The quantitative estimate of drug-likeness (QED) is 0.668. The summed E-state index contributed by atoms with van der Waals surface area (Å²) in [4.78, 5) is 11.3. The number of nitrogens with two attached hydrogens (primary N) is 1. The zero-order valence-corrected chi connectivity index (χ0v) is 11.2. The molecule has 18 heavy (non-hydrogen) atoms. The Bertz CT molecular complexity index is 441. The Balaban J connectivity index is 2.89. The van der Waals surface area contributed by atoms with Gasteiger partial charge in [0.15, 0.2) is 0 Å². The summed E-state index contributed by atoms with van der Waals surface area (Å²) in [6, 6.07) is 2.70. The lowest BCUT2D eigenvalue weighted by Gasteiger charge is -2.11. The highest BCUT2D eigenvalue weighted by Gasteiger charge is 2.14. The minimum atomic E-state index is -2.95. The van der Waals surface area contributed by atoms with Crippen LogP contribution in [0.5, 0.6) is 5.75 Å². The maximum absolute atomic E-state index is 12.1. The highest BCUT2D eigenvalue weighted by molar-refractivity contribution is 9.10. The van der Waals surface area contributed by atoms with Crippen molar-refractivity contribution in [3.05, 3.63) is 22.2 Å². The van der Waals surface area contributed by atoms with Gasteiger partial charge in [0, 0.05) is 4.47 Å². The number of nitrogen functional groups attached to an aromatic ring is 1. The number of hydrogen-bond donors (Lipinski definition) is 1. The second-order valence-electron chi connectivity index (χ2n) is 3.34. The largest absolute Gasteiger partial charge is 0.466 e. The molecule has 0 atom stereocenters. The van der Waals surface area contributed by atoms with Crippen molar-refractivity contribution in [1.82, 2.24) is 0 Å². The first-order valence-electron chi connectivity index (χ1n) is 5.12. The van der Waals surface area contributed by atoms with Crippen LogP contribution in [0.3, 0.4) is 0 Å². The van der Waals surface area contributed by atoms with E-state index in [1.807, 2.05) is 0 Å². The highest BCUT2D eigenvalue weighted by atomic mass is 79.9. The van der Waals surface area contributed by atoms with E-state index in [-0.39, 0.29) is 24.5 Å². The third-order valence-corrected chi connectivity index (χ3v) is 2.77. The fourth-order valence-corrected chi connectivity index (χ4v) is 1.78. The second-order valence-corrected chi connectivity index (χ2v) is 4.20. The predicted molar refractivity (Wildman–Crippen MR) is 65.5 cm³/mol. The van der Waals surface area contributed by atoms with Gasteiger partial charge in [-0.15, -0.1) is 0 Å². The second kappa shape index (κ2) is 6.53. The molecule has 0 spiro atoms. The van der Waals surface area contributed by atoms with Crippen molar-refractivity contribution in [3.8, 4) is 5.75 Å². The minimum absolute atomic E-state index is 0.00752. The molecule has 0 aliphatic carbocycles. The molecule has 4 nitrogen and oxygen atoms in total. The molecule has 1 aromatic carbocycles. The summed E-state index contributed by atoms with van der Waals surface area (Å²) < 4.78 is 33.6. The monoisotopic (exact) mass is 323 g/mol. The summed E-state index contributed by atoms with van der Waals surface area (Å²) in [5, 5.41) is 0. The van der Waals surface area contributed by atoms with Gasteiger partial charge in [-0.25, -0.2) is 0 Å². The molecular weight excluding hydrogens is 312 g/mol. The predicted octanol–water partition coefficient (Wildman–Crippen LogP) is 2.74. The van der Waals surface area contributed by atoms with Gasteiger partial charge >= 0.3 is 12.6 Å². The van der Waals surface area contributed by atoms with Gasteiger partial charge in [0.1, 0.15) is 5.75 Å². The van der Waals surface area contributed by atoms with Gasteiger partial charge in [-0.3, -0.25) is 4.79 Å². The van der Waals surface area contributed by atoms with Crippen LogP contribution in [-0.4, -0.2) is 19.2 Å². The van der Waals surface area contributed by atoms with Gasteiger partial charge < -0.3 is 15.2 Å². The molecule has 100 valence electrons. The third kappa shape index (κ3) is 4.14. The minimum Gasteiger partial charge on any atom is -0.466 e. The summed E-state index contributed by atoms with van der Waals surface area (Å²) in [6.07, 6.45) is 0.00752. The first-order chi connectivity index (χ1) is 8.43. The fraction of sp³-hybridized carbons (Fsp3) is 0.364. The number of carbonyl (C=O) groups excluding carboxylic acids is 1. The Kier molecular flexibility index (Phi) is 5.33. The van der Waals surface area contributed by atoms with Crippen LogP contribution < -0.4 is 10.5 Å². The van der Waals surface area contributed by atoms with Crippen LogP contribution in [0.25, 0.3) is 0 Å². The van der Waals surface area contributed by atoms with Crippen LogP contribution in [0.15, 0.2) is 16.6 Å². The highest BCUT2D eigenvalue weighted by Crippen LogP contribution is 2.31. The molecule has 0 bridgehead atoms. The summed E-state index contributed by atoms with van der Waals surface area (Å²) in [6.45, 7) is -0.977. The molecule has 2 N–H and O–H groups in total. The van der Waals surface area contributed by atoms with E-state index in [1.54, 1.807) is 6.92 Å². The zero-order valence-electron chi connectivity index (χ0n) is 9.58. The summed E-state index contributed by atoms with van der Waals surface area (Å²) >= 11 is 3.16. The Hall–Kier alpha value is -1.37. The smallest absolute Gasteiger partial charge is 0.387 e. The number of benzene rings is 1. The lowest BCUT2D eigenvalue weighted by molar-refractivity contribution is -0.142. The van der Waals surface area contributed by atoms with Gasteiger partial charge in [0.2, 0.25) is 0 Å². The Morgan fingerprint density at radius 3 is 2.72 bits per heavy atom.